The van der Waals surface area contributed by atoms with Crippen molar-refractivity contribution in [2.75, 3.05) is 53.9 Å². The molecule has 1 atom stereocenters. The van der Waals surface area contributed by atoms with Crippen LogP contribution in [0.25, 0.3) is 0 Å². The summed E-state index contributed by atoms with van der Waals surface area (Å²) in [4.78, 5) is 15.4. The normalized spacial score (nSPS) is 21.4. The monoisotopic (exact) mass is 229 g/mol. The number of rotatable bonds is 6. The Balaban J connectivity index is 2.33. The first kappa shape index (κ1) is 13.3. The van der Waals surface area contributed by atoms with E-state index in [0.717, 1.165) is 32.6 Å². The predicted octanol–water partition coefficient (Wildman–Crippen LogP) is 0.226. The average molecular weight is 229 g/mol. The van der Waals surface area contributed by atoms with Gasteiger partial charge in [0, 0.05) is 25.6 Å². The smallest absolute Gasteiger partial charge is 0.409 e. The van der Waals surface area contributed by atoms with Crippen LogP contribution < -0.4 is 5.32 Å². The molecule has 0 bridgehead atoms. The van der Waals surface area contributed by atoms with Crippen LogP contribution >= 0.6 is 0 Å². The zero-order valence-corrected chi connectivity index (χ0v) is 10.5. The Kier molecular flexibility index (Phi) is 5.55. The van der Waals surface area contributed by atoms with Crippen molar-refractivity contribution in [2.24, 2.45) is 5.92 Å². The van der Waals surface area contributed by atoms with Gasteiger partial charge in [0.2, 0.25) is 0 Å². The Labute approximate surface area is 97.7 Å². The van der Waals surface area contributed by atoms with E-state index in [0.29, 0.717) is 12.5 Å². The predicted molar refractivity (Wildman–Crippen MR) is 63.5 cm³/mol. The first-order valence-corrected chi connectivity index (χ1v) is 5.84. The van der Waals surface area contributed by atoms with Gasteiger partial charge in [0.1, 0.15) is 0 Å². The average Bonchev–Trinajstić information content (AvgIpc) is 2.26. The number of hydrogen-bond donors (Lipinski definition) is 1. The summed E-state index contributed by atoms with van der Waals surface area (Å²) in [6.07, 6.45) is 0.893. The van der Waals surface area contributed by atoms with Crippen LogP contribution in [0.5, 0.6) is 0 Å². The van der Waals surface area contributed by atoms with Crippen LogP contribution in [0.4, 0.5) is 4.79 Å². The molecule has 1 unspecified atom stereocenters. The summed E-state index contributed by atoms with van der Waals surface area (Å²) in [6.45, 7) is 4.01. The van der Waals surface area contributed by atoms with Crippen LogP contribution in [0.3, 0.4) is 0 Å². The molecule has 16 heavy (non-hydrogen) atoms. The molecule has 1 aliphatic heterocycles. The Hall–Kier alpha value is -0.810. The molecule has 0 aromatic carbocycles. The molecule has 5 nitrogen and oxygen atoms in total. The molecule has 5 heteroatoms. The fraction of sp³-hybridized carbons (Fsp3) is 0.909. The summed E-state index contributed by atoms with van der Waals surface area (Å²) >= 11 is 0. The maximum Gasteiger partial charge on any atom is 0.409 e. The zero-order chi connectivity index (χ0) is 12.0. The van der Waals surface area contributed by atoms with E-state index in [9.17, 15) is 4.79 Å². The van der Waals surface area contributed by atoms with Gasteiger partial charge in [-0.1, -0.05) is 0 Å². The highest BCUT2D eigenvalue weighted by Gasteiger charge is 2.26. The van der Waals surface area contributed by atoms with Crippen LogP contribution in [0, 0.1) is 5.92 Å². The van der Waals surface area contributed by atoms with Crippen molar-refractivity contribution in [3.05, 3.63) is 0 Å². The molecule has 1 amide bonds. The highest BCUT2D eigenvalue weighted by atomic mass is 16.6. The van der Waals surface area contributed by atoms with E-state index < -0.39 is 0 Å². The second kappa shape index (κ2) is 6.70. The molecular weight excluding hydrogens is 206 g/mol. The Morgan fingerprint density at radius 2 is 2.31 bits per heavy atom. The van der Waals surface area contributed by atoms with Crippen molar-refractivity contribution in [1.82, 2.24) is 15.1 Å². The third-order valence-electron chi connectivity index (χ3n) is 2.80. The molecule has 0 aliphatic carbocycles. The Bertz CT molecular complexity index is 221. The largest absolute Gasteiger partial charge is 0.449 e. The van der Waals surface area contributed by atoms with E-state index >= 15 is 0 Å². The first-order valence-electron chi connectivity index (χ1n) is 5.84. The van der Waals surface area contributed by atoms with Crippen molar-refractivity contribution in [2.45, 2.75) is 6.42 Å². The number of cyclic esters (lactones) is 1. The third kappa shape index (κ3) is 4.37. The van der Waals surface area contributed by atoms with E-state index in [-0.39, 0.29) is 6.09 Å². The molecule has 1 rings (SSSR count). The molecule has 1 aliphatic rings. The van der Waals surface area contributed by atoms with Crippen molar-refractivity contribution in [3.63, 3.8) is 0 Å². The number of carbonyl (C=O) groups is 1. The SMILES string of the molecule is CNCCC1COC(=O)N(CCN(C)C)C1. The Morgan fingerprint density at radius 3 is 2.94 bits per heavy atom. The second-order valence-corrected chi connectivity index (χ2v) is 4.58. The fourth-order valence-electron chi connectivity index (χ4n) is 1.75. The van der Waals surface area contributed by atoms with E-state index in [4.69, 9.17) is 4.74 Å². The lowest BCUT2D eigenvalue weighted by Crippen LogP contribution is -2.46. The summed E-state index contributed by atoms with van der Waals surface area (Å²) in [6, 6.07) is 0. The number of hydrogen-bond acceptors (Lipinski definition) is 4. The molecule has 0 aromatic heterocycles. The number of nitrogens with zero attached hydrogens (tertiary/aromatic N) is 2. The molecule has 94 valence electrons. The van der Waals surface area contributed by atoms with Gasteiger partial charge in [0.25, 0.3) is 0 Å². The van der Waals surface area contributed by atoms with E-state index in [1.54, 1.807) is 0 Å². The van der Waals surface area contributed by atoms with Crippen molar-refractivity contribution >= 4 is 6.09 Å². The van der Waals surface area contributed by atoms with E-state index in [1.165, 1.54) is 0 Å². The molecule has 0 radical (unpaired) electrons. The number of carbonyl (C=O) groups excluding carboxylic acids is 1. The standard InChI is InChI=1S/C11H23N3O2/c1-12-5-4-10-8-14(7-6-13(2)3)11(15)16-9-10/h10,12H,4-9H2,1-3H3. The van der Waals surface area contributed by atoms with Gasteiger partial charge in [-0.2, -0.15) is 0 Å². The fourth-order valence-corrected chi connectivity index (χ4v) is 1.75. The lowest BCUT2D eigenvalue weighted by atomic mass is 10.1. The molecular formula is C11H23N3O2. The van der Waals surface area contributed by atoms with Crippen LogP contribution in [0.2, 0.25) is 0 Å². The highest BCUT2D eigenvalue weighted by molar-refractivity contribution is 5.68. The second-order valence-electron chi connectivity index (χ2n) is 4.58. The topological polar surface area (TPSA) is 44.8 Å². The highest BCUT2D eigenvalue weighted by Crippen LogP contribution is 2.13. The summed E-state index contributed by atoms with van der Waals surface area (Å²) in [5.74, 6) is 0.465. The first-order chi connectivity index (χ1) is 7.63. The van der Waals surface area contributed by atoms with E-state index in [2.05, 4.69) is 10.2 Å². The van der Waals surface area contributed by atoms with Crippen LogP contribution in [0.15, 0.2) is 0 Å². The number of likely N-dealkylation sites (N-methyl/N-ethyl adjacent to an activating group) is 1. The molecule has 1 N–H and O–H groups in total. The Morgan fingerprint density at radius 1 is 1.56 bits per heavy atom. The van der Waals surface area contributed by atoms with Crippen molar-refractivity contribution < 1.29 is 9.53 Å². The molecule has 1 heterocycles. The van der Waals surface area contributed by atoms with Gasteiger partial charge in [-0.25, -0.2) is 4.79 Å². The van der Waals surface area contributed by atoms with Crippen molar-refractivity contribution in [1.29, 1.82) is 0 Å². The van der Waals surface area contributed by atoms with Gasteiger partial charge in [-0.3, -0.25) is 0 Å². The maximum atomic E-state index is 11.5. The minimum Gasteiger partial charge on any atom is -0.449 e. The zero-order valence-electron chi connectivity index (χ0n) is 10.5. The molecule has 0 saturated carbocycles. The van der Waals surface area contributed by atoms with Crippen molar-refractivity contribution in [3.8, 4) is 0 Å². The number of amides is 1. The minimum atomic E-state index is -0.164. The summed E-state index contributed by atoms with van der Waals surface area (Å²) < 4.78 is 5.17. The van der Waals surface area contributed by atoms with Gasteiger partial charge in [-0.05, 0) is 34.1 Å². The third-order valence-corrected chi connectivity index (χ3v) is 2.80. The number of nitrogens with one attached hydrogen (secondary N) is 1. The molecule has 1 saturated heterocycles. The van der Waals surface area contributed by atoms with Gasteiger partial charge in [-0.15, -0.1) is 0 Å². The summed E-state index contributed by atoms with van der Waals surface area (Å²) in [5, 5.41) is 3.12. The van der Waals surface area contributed by atoms with Crippen LogP contribution in [-0.4, -0.2) is 69.8 Å². The molecule has 1 fully saturated rings. The van der Waals surface area contributed by atoms with Gasteiger partial charge >= 0.3 is 6.09 Å². The van der Waals surface area contributed by atoms with Gasteiger partial charge in [0.05, 0.1) is 6.61 Å². The summed E-state index contributed by atoms with van der Waals surface area (Å²) in [7, 11) is 5.96. The minimum absolute atomic E-state index is 0.164. The molecule has 0 aromatic rings. The lowest BCUT2D eigenvalue weighted by Gasteiger charge is -2.32. The molecule has 0 spiro atoms. The summed E-state index contributed by atoms with van der Waals surface area (Å²) in [5.41, 5.74) is 0. The van der Waals surface area contributed by atoms with E-state index in [1.807, 2.05) is 26.0 Å². The number of ether oxygens (including phenoxy) is 1. The maximum absolute atomic E-state index is 11.5. The van der Waals surface area contributed by atoms with Crippen LogP contribution in [0.1, 0.15) is 6.42 Å². The quantitative estimate of drug-likeness (QED) is 0.708. The lowest BCUT2D eigenvalue weighted by molar-refractivity contribution is 0.0390. The van der Waals surface area contributed by atoms with Crippen LogP contribution in [-0.2, 0) is 4.74 Å². The van der Waals surface area contributed by atoms with Gasteiger partial charge < -0.3 is 19.9 Å². The van der Waals surface area contributed by atoms with Gasteiger partial charge in [0.15, 0.2) is 0 Å².